The first-order valence-corrected chi connectivity index (χ1v) is 7.13. The van der Waals surface area contributed by atoms with Crippen LogP contribution in [0.25, 0.3) is 0 Å². The van der Waals surface area contributed by atoms with Gasteiger partial charge >= 0.3 is 5.97 Å². The third-order valence-electron chi connectivity index (χ3n) is 4.63. The second-order valence-corrected chi connectivity index (χ2v) is 6.15. The van der Waals surface area contributed by atoms with Crippen LogP contribution in [0.3, 0.4) is 0 Å². The van der Waals surface area contributed by atoms with Gasteiger partial charge < -0.3 is 14.9 Å². The average molecular weight is 268 g/mol. The highest BCUT2D eigenvalue weighted by atomic mass is 16.4. The molecule has 19 heavy (non-hydrogen) atoms. The van der Waals surface area contributed by atoms with Crippen LogP contribution < -0.4 is 0 Å². The van der Waals surface area contributed by atoms with E-state index in [1.807, 2.05) is 0 Å². The lowest BCUT2D eigenvalue weighted by Crippen LogP contribution is -2.40. The minimum Gasteiger partial charge on any atom is -0.480 e. The van der Waals surface area contributed by atoms with Gasteiger partial charge in [-0.25, -0.2) is 0 Å². The molecule has 0 atom stereocenters. The predicted molar refractivity (Wildman–Crippen MR) is 71.8 cm³/mol. The summed E-state index contributed by atoms with van der Waals surface area (Å²) in [6.45, 7) is 2.94. The molecule has 1 aliphatic carbocycles. The molecule has 5 heteroatoms. The van der Waals surface area contributed by atoms with Gasteiger partial charge in [0, 0.05) is 13.6 Å². The van der Waals surface area contributed by atoms with Gasteiger partial charge in [0.05, 0.1) is 0 Å². The van der Waals surface area contributed by atoms with Gasteiger partial charge in [0.15, 0.2) is 0 Å². The minimum atomic E-state index is -1.08. The molecule has 0 aromatic carbocycles. The Hall–Kier alpha value is -1.10. The molecule has 108 valence electrons. The van der Waals surface area contributed by atoms with E-state index in [-0.39, 0.29) is 5.91 Å². The van der Waals surface area contributed by atoms with E-state index in [1.54, 1.807) is 11.9 Å². The lowest BCUT2D eigenvalue weighted by Gasteiger charge is -2.30. The van der Waals surface area contributed by atoms with E-state index in [0.29, 0.717) is 25.3 Å². The summed E-state index contributed by atoms with van der Waals surface area (Å²) in [5.41, 5.74) is -1.08. The maximum absolute atomic E-state index is 12.1. The van der Waals surface area contributed by atoms with Crippen LogP contribution in [0.2, 0.25) is 0 Å². The molecule has 2 aliphatic rings. The number of carbonyl (C=O) groups is 2. The normalized spacial score (nSPS) is 23.1. The van der Waals surface area contributed by atoms with E-state index in [0.717, 1.165) is 19.5 Å². The van der Waals surface area contributed by atoms with Gasteiger partial charge in [-0.3, -0.25) is 9.59 Å². The number of carboxylic acid groups (broad SMARTS) is 1. The Kier molecular flexibility index (Phi) is 4.13. The number of rotatable bonds is 5. The number of carbonyl (C=O) groups excluding carboxylic acids is 1. The SMILES string of the molecule is CN1CCC(CCN(C)C(=O)C2(C(=O)O)CC2)CC1. The van der Waals surface area contributed by atoms with Crippen LogP contribution >= 0.6 is 0 Å². The van der Waals surface area contributed by atoms with Gasteiger partial charge in [-0.15, -0.1) is 0 Å². The highest BCUT2D eigenvalue weighted by Gasteiger charge is 2.58. The molecular weight excluding hydrogens is 244 g/mol. The first kappa shape index (κ1) is 14.3. The summed E-state index contributed by atoms with van der Waals surface area (Å²) in [4.78, 5) is 27.2. The van der Waals surface area contributed by atoms with Crippen molar-refractivity contribution >= 4 is 11.9 Å². The second-order valence-electron chi connectivity index (χ2n) is 6.15. The van der Waals surface area contributed by atoms with Crippen LogP contribution in [0.1, 0.15) is 32.1 Å². The molecule has 1 N–H and O–H groups in total. The molecule has 1 saturated heterocycles. The zero-order chi connectivity index (χ0) is 14.0. The second kappa shape index (κ2) is 5.49. The predicted octanol–water partition coefficient (Wildman–Crippen LogP) is 1.04. The van der Waals surface area contributed by atoms with Crippen LogP contribution in [-0.2, 0) is 9.59 Å². The van der Waals surface area contributed by atoms with Crippen LogP contribution in [0.15, 0.2) is 0 Å². The van der Waals surface area contributed by atoms with E-state index in [9.17, 15) is 9.59 Å². The van der Waals surface area contributed by atoms with Crippen molar-refractivity contribution in [3.63, 3.8) is 0 Å². The number of aliphatic carboxylic acids is 1. The molecule has 0 aromatic heterocycles. The standard InChI is InChI=1S/C14H24N2O3/c1-15-8-3-11(4-9-15)5-10-16(2)12(17)14(6-7-14)13(18)19/h11H,3-10H2,1-2H3,(H,18,19). The van der Waals surface area contributed by atoms with Crippen molar-refractivity contribution in [2.45, 2.75) is 32.1 Å². The van der Waals surface area contributed by atoms with E-state index < -0.39 is 11.4 Å². The number of hydrogen-bond acceptors (Lipinski definition) is 3. The summed E-state index contributed by atoms with van der Waals surface area (Å²) >= 11 is 0. The summed E-state index contributed by atoms with van der Waals surface area (Å²) in [6.07, 6.45) is 4.36. The molecule has 1 heterocycles. The minimum absolute atomic E-state index is 0.201. The van der Waals surface area contributed by atoms with Crippen molar-refractivity contribution in [3.05, 3.63) is 0 Å². The fourth-order valence-corrected chi connectivity index (χ4v) is 2.84. The van der Waals surface area contributed by atoms with Gasteiger partial charge in [-0.1, -0.05) is 0 Å². The Morgan fingerprint density at radius 3 is 2.37 bits per heavy atom. The molecule has 2 fully saturated rings. The number of hydrogen-bond donors (Lipinski definition) is 1. The van der Waals surface area contributed by atoms with Crippen molar-refractivity contribution in [1.82, 2.24) is 9.80 Å². The summed E-state index contributed by atoms with van der Waals surface area (Å²) in [7, 11) is 3.87. The zero-order valence-corrected chi connectivity index (χ0v) is 11.9. The lowest BCUT2D eigenvalue weighted by atomic mass is 9.93. The van der Waals surface area contributed by atoms with Gasteiger partial charge in [-0.2, -0.15) is 0 Å². The van der Waals surface area contributed by atoms with E-state index >= 15 is 0 Å². The Morgan fingerprint density at radius 2 is 1.89 bits per heavy atom. The largest absolute Gasteiger partial charge is 0.480 e. The highest BCUT2D eigenvalue weighted by molar-refractivity contribution is 6.04. The fraction of sp³-hybridized carbons (Fsp3) is 0.857. The topological polar surface area (TPSA) is 60.9 Å². The van der Waals surface area contributed by atoms with Crippen molar-refractivity contribution in [3.8, 4) is 0 Å². The smallest absolute Gasteiger partial charge is 0.319 e. The quantitative estimate of drug-likeness (QED) is 0.757. The highest BCUT2D eigenvalue weighted by Crippen LogP contribution is 2.47. The number of amides is 1. The number of likely N-dealkylation sites (tertiary alicyclic amines) is 1. The van der Waals surface area contributed by atoms with Crippen molar-refractivity contribution < 1.29 is 14.7 Å². The number of carboxylic acids is 1. The Morgan fingerprint density at radius 1 is 1.32 bits per heavy atom. The summed E-state index contributed by atoms with van der Waals surface area (Å²) in [5, 5.41) is 9.12. The van der Waals surface area contributed by atoms with Gasteiger partial charge in [-0.05, 0) is 58.2 Å². The first-order valence-electron chi connectivity index (χ1n) is 7.13. The molecule has 0 bridgehead atoms. The van der Waals surface area contributed by atoms with Crippen LogP contribution in [0.5, 0.6) is 0 Å². The molecule has 1 amide bonds. The Labute approximate surface area is 114 Å². The third kappa shape index (κ3) is 3.08. The first-order chi connectivity index (χ1) is 8.95. The van der Waals surface area contributed by atoms with Crippen LogP contribution in [-0.4, -0.2) is 60.5 Å². The molecule has 0 unspecified atom stereocenters. The number of piperidine rings is 1. The maximum atomic E-state index is 12.1. The summed E-state index contributed by atoms with van der Waals surface area (Å²) in [6, 6.07) is 0. The van der Waals surface area contributed by atoms with Crippen molar-refractivity contribution in [1.29, 1.82) is 0 Å². The molecule has 0 spiro atoms. The van der Waals surface area contributed by atoms with Crippen LogP contribution in [0.4, 0.5) is 0 Å². The van der Waals surface area contributed by atoms with Gasteiger partial charge in [0.1, 0.15) is 5.41 Å². The Bertz CT molecular complexity index is 358. The molecule has 1 aliphatic heterocycles. The van der Waals surface area contributed by atoms with E-state index in [4.69, 9.17) is 5.11 Å². The summed E-state index contributed by atoms with van der Waals surface area (Å²) in [5.74, 6) is -0.483. The van der Waals surface area contributed by atoms with E-state index in [2.05, 4.69) is 11.9 Å². The molecule has 2 rings (SSSR count). The molecule has 0 aromatic rings. The Balaban J connectivity index is 1.77. The summed E-state index contributed by atoms with van der Waals surface area (Å²) < 4.78 is 0. The van der Waals surface area contributed by atoms with Crippen molar-refractivity contribution in [2.24, 2.45) is 11.3 Å². The molecule has 0 radical (unpaired) electrons. The lowest BCUT2D eigenvalue weighted by molar-refractivity contribution is -0.152. The fourth-order valence-electron chi connectivity index (χ4n) is 2.84. The number of nitrogens with zero attached hydrogens (tertiary/aromatic N) is 2. The van der Waals surface area contributed by atoms with Gasteiger partial charge in [0.25, 0.3) is 0 Å². The van der Waals surface area contributed by atoms with E-state index in [1.165, 1.54) is 12.8 Å². The zero-order valence-electron chi connectivity index (χ0n) is 11.9. The monoisotopic (exact) mass is 268 g/mol. The average Bonchev–Trinajstić information content (AvgIpc) is 3.18. The molecule has 5 nitrogen and oxygen atoms in total. The molecular formula is C14H24N2O3. The van der Waals surface area contributed by atoms with Crippen molar-refractivity contribution in [2.75, 3.05) is 33.7 Å². The maximum Gasteiger partial charge on any atom is 0.319 e. The van der Waals surface area contributed by atoms with Crippen LogP contribution in [0, 0.1) is 11.3 Å². The van der Waals surface area contributed by atoms with Gasteiger partial charge in [0.2, 0.25) is 5.91 Å². The molecule has 1 saturated carbocycles. The third-order valence-corrected chi connectivity index (χ3v) is 4.63.